The van der Waals surface area contributed by atoms with Crippen molar-refractivity contribution >= 4 is 17.4 Å². The van der Waals surface area contributed by atoms with Gasteiger partial charge in [-0.2, -0.15) is 0 Å². The molecule has 278 valence electrons. The number of ether oxygens (including phenoxy) is 3. The van der Waals surface area contributed by atoms with Crippen molar-refractivity contribution in [2.24, 2.45) is 16.6 Å². The van der Waals surface area contributed by atoms with E-state index in [9.17, 15) is 25.2 Å². The Hall–Kier alpha value is -3.88. The summed E-state index contributed by atoms with van der Waals surface area (Å²) in [6.45, 7) is 3.16. The zero-order valence-corrected chi connectivity index (χ0v) is 29.9. The monoisotopic (exact) mass is 699 g/mol. The second kappa shape index (κ2) is 20.7. The normalized spacial score (nSPS) is 19.1. The molecule has 2 aromatic rings. The number of carbonyl (C=O) groups is 1. The number of nitrogens with zero attached hydrogens (tertiary/aromatic N) is 1. The van der Waals surface area contributed by atoms with Crippen molar-refractivity contribution in [1.82, 2.24) is 10.6 Å². The number of ketones is 1. The van der Waals surface area contributed by atoms with E-state index >= 15 is 0 Å². The number of hydrogen-bond donors (Lipinski definition) is 8. The topological polar surface area (TPSA) is 200 Å². The number of nitrogens with two attached hydrogens (primary N) is 1. The van der Waals surface area contributed by atoms with Crippen molar-refractivity contribution in [3.8, 4) is 23.0 Å². The van der Waals surface area contributed by atoms with Crippen LogP contribution in [0.5, 0.6) is 23.0 Å². The van der Waals surface area contributed by atoms with Gasteiger partial charge in [0.25, 0.3) is 0 Å². The number of carbonyl (C=O) groups excluding carboxylic acids is 1. The molecule has 1 saturated carbocycles. The lowest BCUT2D eigenvalue weighted by Gasteiger charge is -2.32. The van der Waals surface area contributed by atoms with Gasteiger partial charge in [-0.05, 0) is 106 Å². The van der Waals surface area contributed by atoms with Crippen LogP contribution in [0.1, 0.15) is 63.0 Å². The Balaban J connectivity index is 1.65. The highest BCUT2D eigenvalue weighted by Crippen LogP contribution is 2.44. The number of likely N-dealkylation sites (N-methyl/N-ethyl adjacent to an activating group) is 1. The number of hydrogen-bond acceptors (Lipinski definition) is 11. The third-order valence-electron chi connectivity index (χ3n) is 8.82. The first kappa shape index (κ1) is 40.5. The second-order valence-electron chi connectivity index (χ2n) is 13.0. The Kier molecular flexibility index (Phi) is 16.8. The maximum atomic E-state index is 12.6. The molecule has 0 radical (unpaired) electrons. The number of anilines is 1. The van der Waals surface area contributed by atoms with Gasteiger partial charge in [-0.1, -0.05) is 12.1 Å². The van der Waals surface area contributed by atoms with Gasteiger partial charge in [0.1, 0.15) is 11.8 Å². The van der Waals surface area contributed by atoms with Crippen molar-refractivity contribution in [2.45, 2.75) is 82.6 Å². The molecule has 0 amide bonds. The lowest BCUT2D eigenvalue weighted by molar-refractivity contribution is -0.114. The van der Waals surface area contributed by atoms with Crippen LogP contribution in [0.4, 0.5) is 5.69 Å². The summed E-state index contributed by atoms with van der Waals surface area (Å²) in [6, 6.07) is 8.72. The van der Waals surface area contributed by atoms with Crippen LogP contribution in [0.25, 0.3) is 0 Å². The number of allylic oxidation sites excluding steroid dienone is 2. The molecule has 1 fully saturated rings. The molecule has 9 N–H and O–H groups in total. The largest absolute Gasteiger partial charge is 0.504 e. The summed E-state index contributed by atoms with van der Waals surface area (Å²) in [5.41, 5.74) is 7.58. The van der Waals surface area contributed by atoms with Crippen LogP contribution in [0, 0.1) is 5.92 Å². The average Bonchev–Trinajstić information content (AvgIpc) is 3.49. The number of aliphatic hydroxyl groups excluding tert-OH is 2. The van der Waals surface area contributed by atoms with Gasteiger partial charge < -0.3 is 51.0 Å². The molecule has 4 atom stereocenters. The number of benzene rings is 2. The number of rotatable bonds is 22. The van der Waals surface area contributed by atoms with Gasteiger partial charge in [0.2, 0.25) is 0 Å². The molecule has 0 bridgehead atoms. The Bertz CT molecular complexity index is 1420. The van der Waals surface area contributed by atoms with Gasteiger partial charge in [0.15, 0.2) is 34.7 Å². The minimum atomic E-state index is -0.555. The highest BCUT2D eigenvalue weighted by Gasteiger charge is 2.41. The number of methoxy groups -OCH3 is 1. The van der Waals surface area contributed by atoms with E-state index in [0.717, 1.165) is 36.8 Å². The van der Waals surface area contributed by atoms with E-state index in [1.807, 2.05) is 25.3 Å². The minimum Gasteiger partial charge on any atom is -0.504 e. The molecule has 0 saturated heterocycles. The number of aryl methyl sites for hydroxylation is 2. The molecular weight excluding hydrogens is 642 g/mol. The lowest BCUT2D eigenvalue weighted by atomic mass is 9.97. The van der Waals surface area contributed by atoms with Gasteiger partial charge in [-0.25, -0.2) is 0 Å². The molecule has 0 spiro atoms. The van der Waals surface area contributed by atoms with E-state index in [0.29, 0.717) is 74.9 Å². The van der Waals surface area contributed by atoms with Crippen molar-refractivity contribution in [3.63, 3.8) is 0 Å². The zero-order valence-electron chi connectivity index (χ0n) is 29.9. The summed E-state index contributed by atoms with van der Waals surface area (Å²) in [5, 5.41) is 49.4. The van der Waals surface area contributed by atoms with E-state index in [-0.39, 0.29) is 36.1 Å². The van der Waals surface area contributed by atoms with E-state index in [1.165, 1.54) is 7.11 Å². The van der Waals surface area contributed by atoms with Crippen LogP contribution in [-0.2, 0) is 22.4 Å². The molecule has 13 heteroatoms. The van der Waals surface area contributed by atoms with E-state index in [4.69, 9.17) is 19.9 Å². The molecule has 0 unspecified atom stereocenters. The van der Waals surface area contributed by atoms with E-state index in [2.05, 4.69) is 20.9 Å². The summed E-state index contributed by atoms with van der Waals surface area (Å²) < 4.78 is 17.8. The van der Waals surface area contributed by atoms with E-state index < -0.39 is 11.7 Å². The maximum Gasteiger partial charge on any atom is 0.192 e. The quantitative estimate of drug-likeness (QED) is 0.0294. The molecule has 13 nitrogen and oxygen atoms in total. The Morgan fingerprint density at radius 3 is 2.66 bits per heavy atom. The first-order valence-electron chi connectivity index (χ1n) is 17.4. The lowest BCUT2D eigenvalue weighted by Crippen LogP contribution is -2.43. The fraction of sp³-hybridized carbons (Fsp3) is 0.568. The van der Waals surface area contributed by atoms with Crippen LogP contribution in [0.15, 0.2) is 47.5 Å². The van der Waals surface area contributed by atoms with Crippen LogP contribution in [0.3, 0.4) is 0 Å². The Morgan fingerprint density at radius 1 is 1.18 bits per heavy atom. The third kappa shape index (κ3) is 13.1. The molecule has 2 aromatic carbocycles. The SMILES string of the molecule is CN=C(N)Nc1cc(CC/C=C/C(=O)CCc2ccc(O)c(OC)c2)cc(O[C@@]2(CNC)CC[C@@H](CCO[C@H](CCO)NC[C@H](C)O)C2)c1O. The average molecular weight is 700 g/mol. The first-order chi connectivity index (χ1) is 24.0. The Morgan fingerprint density at radius 2 is 1.96 bits per heavy atom. The fourth-order valence-electron chi connectivity index (χ4n) is 6.20. The van der Waals surface area contributed by atoms with Crippen LogP contribution >= 0.6 is 0 Å². The predicted octanol–water partition coefficient (Wildman–Crippen LogP) is 3.38. The van der Waals surface area contributed by atoms with Crippen molar-refractivity contribution in [2.75, 3.05) is 52.8 Å². The van der Waals surface area contributed by atoms with Crippen LogP contribution < -0.4 is 31.2 Å². The molecular formula is C37H57N5O8. The summed E-state index contributed by atoms with van der Waals surface area (Å²) in [5.74, 6) is 1.20. The molecule has 0 aromatic heterocycles. The van der Waals surface area contributed by atoms with Gasteiger partial charge in [-0.15, -0.1) is 0 Å². The van der Waals surface area contributed by atoms with Crippen molar-refractivity contribution in [3.05, 3.63) is 53.6 Å². The predicted molar refractivity (Wildman–Crippen MR) is 195 cm³/mol. The maximum absolute atomic E-state index is 12.6. The smallest absolute Gasteiger partial charge is 0.192 e. The van der Waals surface area contributed by atoms with Gasteiger partial charge >= 0.3 is 0 Å². The summed E-state index contributed by atoms with van der Waals surface area (Å²) >= 11 is 0. The summed E-state index contributed by atoms with van der Waals surface area (Å²) in [4.78, 5) is 16.5. The number of nitrogens with one attached hydrogen (secondary N) is 3. The number of aliphatic hydroxyl groups is 2. The number of phenols is 2. The molecule has 0 heterocycles. The van der Waals surface area contributed by atoms with Crippen molar-refractivity contribution in [1.29, 1.82) is 0 Å². The number of aromatic hydroxyl groups is 2. The van der Waals surface area contributed by atoms with Crippen LogP contribution in [-0.4, -0.2) is 97.6 Å². The third-order valence-corrected chi connectivity index (χ3v) is 8.82. The zero-order chi connectivity index (χ0) is 36.5. The molecule has 50 heavy (non-hydrogen) atoms. The Labute approximate surface area is 295 Å². The van der Waals surface area contributed by atoms with Gasteiger partial charge in [-0.3, -0.25) is 15.1 Å². The molecule has 0 aliphatic heterocycles. The number of phenolic OH excluding ortho intramolecular Hbond substituents is 2. The highest BCUT2D eigenvalue weighted by molar-refractivity contribution is 5.94. The number of aliphatic imine (C=N–C) groups is 1. The highest BCUT2D eigenvalue weighted by atomic mass is 16.5. The number of guanidine groups is 1. The van der Waals surface area contributed by atoms with Gasteiger partial charge in [0.05, 0.1) is 18.9 Å². The molecule has 1 aliphatic rings. The first-order valence-corrected chi connectivity index (χ1v) is 17.4. The fourth-order valence-corrected chi connectivity index (χ4v) is 6.20. The summed E-state index contributed by atoms with van der Waals surface area (Å²) in [6.07, 6.45) is 8.35. The van der Waals surface area contributed by atoms with Crippen molar-refractivity contribution < 1.29 is 39.4 Å². The van der Waals surface area contributed by atoms with E-state index in [1.54, 1.807) is 38.2 Å². The standard InChI is InChI=1S/C37H57N5O8/c1-25(44)23-41-34(14-17-43)49-18-15-27-13-16-37(22-27,24-39-2)50-33-21-28(19-30(35(33)47)42-36(38)40-3)7-5-6-8-29(45)11-9-26-10-12-31(46)32(20-26)48-4/h6,8,10,12,19-21,25,27,34,39,41,43-44,46-47H,5,7,9,11,13-18,22-24H2,1-4H3,(H3,38,40,42)/b8-6+/t25-,27-,34+,37-/m0/s1. The van der Waals surface area contributed by atoms with Gasteiger partial charge in [0, 0.05) is 46.2 Å². The molecule has 3 rings (SSSR count). The van der Waals surface area contributed by atoms with Crippen LogP contribution in [0.2, 0.25) is 0 Å². The second-order valence-corrected chi connectivity index (χ2v) is 13.0. The summed E-state index contributed by atoms with van der Waals surface area (Å²) in [7, 11) is 4.93. The minimum absolute atomic E-state index is 0.00353. The molecule has 1 aliphatic carbocycles.